The number of fused-ring (bicyclic) bond motifs is 4. The van der Waals surface area contributed by atoms with Crippen LogP contribution in [0.3, 0.4) is 0 Å². The summed E-state index contributed by atoms with van der Waals surface area (Å²) >= 11 is 5.85. The first-order valence-corrected chi connectivity index (χ1v) is 44.8. The summed E-state index contributed by atoms with van der Waals surface area (Å²) in [7, 11) is 0. The van der Waals surface area contributed by atoms with Crippen LogP contribution in [-0.4, -0.2) is 133 Å². The number of amides is 7. The maximum Gasteiger partial charge on any atom is 0.394 e. The zero-order valence-electron chi connectivity index (χ0n) is 70.9. The molecule has 22 N–H and O–H groups in total. The summed E-state index contributed by atoms with van der Waals surface area (Å²) in [5.74, 6) is -2.91. The second kappa shape index (κ2) is 41.1. The Morgan fingerprint density at radius 1 is 0.368 bits per heavy atom. The Hall–Kier alpha value is -12.8. The van der Waals surface area contributed by atoms with Crippen molar-refractivity contribution in [2.75, 3.05) is 93.3 Å². The largest absolute Gasteiger partial charge is 0.474 e. The molecule has 4 aromatic carbocycles. The van der Waals surface area contributed by atoms with Crippen molar-refractivity contribution >= 4 is 200 Å². The van der Waals surface area contributed by atoms with Crippen LogP contribution in [0, 0.1) is 23.7 Å². The molecule has 4 aliphatic rings. The minimum Gasteiger partial charge on any atom is -0.474 e. The number of nitrogens with one attached hydrogen (secondary N) is 5. The Morgan fingerprint density at radius 3 is 0.896 bits per heavy atom. The van der Waals surface area contributed by atoms with Crippen LogP contribution in [0.2, 0.25) is 0 Å². The number of nitrogens with two attached hydrogens (primary N) is 8. The van der Waals surface area contributed by atoms with Crippen molar-refractivity contribution in [3.05, 3.63) is 166 Å². The number of nitrogens with zero attached hydrogens (tertiary/aromatic N) is 11. The molecular weight excluding hydrogens is 1670 g/mol. The number of nitrogen functional groups attached to an aromatic ring is 8. The summed E-state index contributed by atoms with van der Waals surface area (Å²) in [5.41, 5.74) is 59.0. The summed E-state index contributed by atoms with van der Waals surface area (Å²) in [6.07, 6.45) is 16.3. The number of carbonyl (C=O) groups is 8. The number of carbonyl (C=O) groups excluding carboxylic acids is 7. The van der Waals surface area contributed by atoms with Crippen LogP contribution in [-0.2, 0) is 64.0 Å². The summed E-state index contributed by atoms with van der Waals surface area (Å²) in [4.78, 5) is 138. The Balaban J connectivity index is 0.000000146. The fraction of sp³-hybridized carbons (Fsp3) is 0.364. The highest BCUT2D eigenvalue weighted by atomic mass is 32.1. The molecule has 12 heterocycles. The summed E-state index contributed by atoms with van der Waals surface area (Å²) in [6.45, 7) is 19.0. The Labute approximate surface area is 738 Å². The van der Waals surface area contributed by atoms with E-state index in [1.54, 1.807) is 50.3 Å². The van der Waals surface area contributed by atoms with Gasteiger partial charge in [0.15, 0.2) is 20.5 Å². The molecular formula is C88H106N24O9S4. The normalized spacial score (nSPS) is 18.6. The molecule has 0 saturated carbocycles. The number of hydrogen-bond acceptors (Lipinski definition) is 29. The molecule has 8 atom stereocenters. The van der Waals surface area contributed by atoms with Gasteiger partial charge in [-0.1, -0.05) is 125 Å². The third kappa shape index (κ3) is 23.0. The smallest absolute Gasteiger partial charge is 0.394 e. The van der Waals surface area contributed by atoms with E-state index in [1.807, 2.05) is 82.3 Å². The van der Waals surface area contributed by atoms with Crippen molar-refractivity contribution in [1.29, 1.82) is 0 Å². The molecule has 0 bridgehead atoms. The topological polar surface area (TPSA) is 538 Å². The number of aromatic nitrogens is 8. The number of thiazole rings is 4. The second-order valence-corrected chi connectivity index (χ2v) is 36.1. The molecule has 0 spiro atoms. The molecule has 0 aliphatic carbocycles. The fourth-order valence-corrected chi connectivity index (χ4v) is 18.6. The van der Waals surface area contributed by atoms with Crippen molar-refractivity contribution in [1.82, 2.24) is 59.9 Å². The number of likely N-dealkylation sites (tertiary alicyclic amines) is 3. The van der Waals surface area contributed by atoms with Gasteiger partial charge in [-0.05, 0) is 225 Å². The third-order valence-electron chi connectivity index (χ3n) is 22.5. The standard InChI is InChI=1S/3C22H26N6O2S.C13H17N3S.C9H11N3O3/c3*1-3-13-8-15(10-25-19(13)23)26-20(29)21(30)28-11-12(2)4-6-17(28)14-5-7-18-16(9-14)27-22(24)31-18;1-8-2-4-10(15-7-8)9-3-5-12-11(6-9)16-13(14)17-12;1-2-5-3-6(4-11-7(5)10)12-8(13)9(14)15/h3*5,7-10,12,17H,3-4,6,11H2,1-2H3,(H2,23,25)(H2,24,27)(H,26,29);3,5-6,8,10,15H,2,4,7H2,1H3,(H2,14,16);3-4H,2H2,1H3,(H2,10,11)(H,12,13)(H,14,15)/t3*12-,17+;8-,10+;/m1100./s1. The SMILES string of the molecule is CCc1cc(NC(=O)C(=O)N2C[C@@H](C)CC[C@@H]2c2ccc3sc(N)nc3c2)cnc1N.CCc1cc(NC(=O)C(=O)N2C[C@H](C)CC[C@H]2c2ccc3sc(N)nc3c2)cnc1N.CCc1cc(NC(=O)C(=O)N2C[C@H](C)CC[C@H]2c2ccc3sc(N)nc3c2)cnc1N.CCc1cc(NC(=O)C(=O)O)cnc1N.C[C@H]1CC[C@H](c2ccc3sc(N)nc3c2)NC1. The molecule has 8 aromatic heterocycles. The highest BCUT2D eigenvalue weighted by molar-refractivity contribution is 7.23. The molecule has 37 heteroatoms. The van der Waals surface area contributed by atoms with Crippen LogP contribution in [0.15, 0.2) is 122 Å². The quantitative estimate of drug-likeness (QED) is 0.0505. The van der Waals surface area contributed by atoms with Gasteiger partial charge in [0.25, 0.3) is 0 Å². The molecule has 33 nitrogen and oxygen atoms in total. The maximum atomic E-state index is 13.2. The number of benzene rings is 4. The van der Waals surface area contributed by atoms with Crippen molar-refractivity contribution < 1.29 is 43.5 Å². The average Bonchev–Trinajstić information content (AvgIpc) is 1.61. The number of aryl methyl sites for hydroxylation is 4. The lowest BCUT2D eigenvalue weighted by molar-refractivity contribution is -0.147. The van der Waals surface area contributed by atoms with Crippen molar-refractivity contribution in [2.45, 2.75) is 157 Å². The maximum absolute atomic E-state index is 13.2. The van der Waals surface area contributed by atoms with Gasteiger partial charge in [0.1, 0.15) is 23.3 Å². The first-order chi connectivity index (χ1) is 59.8. The summed E-state index contributed by atoms with van der Waals surface area (Å²) in [6, 6.07) is 31.2. The van der Waals surface area contributed by atoms with E-state index in [-0.39, 0.29) is 18.1 Å². The van der Waals surface area contributed by atoms with Crippen molar-refractivity contribution in [3.8, 4) is 0 Å². The lowest BCUT2D eigenvalue weighted by Crippen LogP contribution is -2.46. The fourth-order valence-electron chi connectivity index (χ4n) is 15.8. The van der Waals surface area contributed by atoms with Crippen molar-refractivity contribution in [3.63, 3.8) is 0 Å². The van der Waals surface area contributed by atoms with E-state index in [0.29, 0.717) is 136 Å². The number of rotatable bonds is 12. The molecule has 7 amide bonds. The monoisotopic (exact) mass is 1770 g/mol. The second-order valence-electron chi connectivity index (χ2n) is 31.8. The number of carboxylic acid groups (broad SMARTS) is 1. The Kier molecular flexibility index (Phi) is 30.0. The zero-order valence-corrected chi connectivity index (χ0v) is 74.1. The number of pyridine rings is 4. The highest BCUT2D eigenvalue weighted by Crippen LogP contribution is 2.41. The van der Waals surface area contributed by atoms with Gasteiger partial charge in [0.05, 0.1) is 107 Å². The van der Waals surface area contributed by atoms with E-state index in [4.69, 9.17) is 51.0 Å². The van der Waals surface area contributed by atoms with Gasteiger partial charge >= 0.3 is 47.3 Å². The van der Waals surface area contributed by atoms with E-state index in [2.05, 4.69) is 112 Å². The van der Waals surface area contributed by atoms with Gasteiger partial charge in [-0.25, -0.2) is 44.7 Å². The lowest BCUT2D eigenvalue weighted by atomic mass is 9.89. The van der Waals surface area contributed by atoms with E-state index in [0.717, 1.165) is 126 Å². The van der Waals surface area contributed by atoms with Crippen LogP contribution >= 0.6 is 45.3 Å². The van der Waals surface area contributed by atoms with Gasteiger partial charge in [-0.15, -0.1) is 0 Å². The Morgan fingerprint density at radius 2 is 0.632 bits per heavy atom. The van der Waals surface area contributed by atoms with Crippen LogP contribution in [0.25, 0.3) is 40.9 Å². The average molecular weight is 1770 g/mol. The molecule has 12 aromatic rings. The molecule has 16 rings (SSSR count). The van der Waals surface area contributed by atoms with Crippen LogP contribution in [0.1, 0.15) is 175 Å². The van der Waals surface area contributed by atoms with E-state index in [9.17, 15) is 38.4 Å². The number of carboxylic acids is 1. The molecule has 0 radical (unpaired) electrons. The molecule has 656 valence electrons. The van der Waals surface area contributed by atoms with Crippen molar-refractivity contribution in [2.24, 2.45) is 23.7 Å². The van der Waals surface area contributed by atoms with Crippen LogP contribution < -0.4 is 72.5 Å². The molecule has 125 heavy (non-hydrogen) atoms. The minimum atomic E-state index is -1.54. The zero-order chi connectivity index (χ0) is 89.6. The predicted molar refractivity (Wildman–Crippen MR) is 498 cm³/mol. The minimum absolute atomic E-state index is 0.183. The van der Waals surface area contributed by atoms with Gasteiger partial charge in [-0.3, -0.25) is 33.6 Å². The molecule has 4 aliphatic heterocycles. The number of aliphatic carboxylic acids is 1. The van der Waals surface area contributed by atoms with E-state index < -0.39 is 47.3 Å². The van der Waals surface area contributed by atoms with Crippen LogP contribution in [0.5, 0.6) is 0 Å². The Bertz CT molecular complexity index is 5540. The van der Waals surface area contributed by atoms with Gasteiger partial charge in [0.2, 0.25) is 0 Å². The lowest BCUT2D eigenvalue weighted by Gasteiger charge is -2.38. The van der Waals surface area contributed by atoms with Gasteiger partial charge in [-0.2, -0.15) is 0 Å². The first kappa shape index (κ1) is 91.4. The third-order valence-corrected chi connectivity index (χ3v) is 26.0. The molecule has 4 fully saturated rings. The first-order valence-electron chi connectivity index (χ1n) is 41.6. The highest BCUT2D eigenvalue weighted by Gasteiger charge is 2.38. The van der Waals surface area contributed by atoms with Crippen LogP contribution in [0.4, 0.5) is 66.5 Å². The number of anilines is 12. The summed E-state index contributed by atoms with van der Waals surface area (Å²) < 4.78 is 4.19. The summed E-state index contributed by atoms with van der Waals surface area (Å²) in [5, 5.41) is 24.4. The number of hydrogen-bond donors (Lipinski definition) is 14. The predicted octanol–water partition coefficient (Wildman–Crippen LogP) is 13.3. The molecule has 0 unspecified atom stereocenters. The molecule has 4 saturated heterocycles. The van der Waals surface area contributed by atoms with Gasteiger partial charge < -0.3 is 92.3 Å². The number of piperidine rings is 4. The van der Waals surface area contributed by atoms with E-state index >= 15 is 0 Å². The van der Waals surface area contributed by atoms with E-state index in [1.165, 1.54) is 81.9 Å². The van der Waals surface area contributed by atoms with Gasteiger partial charge in [0, 0.05) is 25.7 Å².